The molecule has 2 heterocycles. The van der Waals surface area contributed by atoms with Gasteiger partial charge in [-0.05, 0) is 85.5 Å². The number of halogens is 2. The number of fused-ring (bicyclic) bond motifs is 2. The summed E-state index contributed by atoms with van der Waals surface area (Å²) in [5.41, 5.74) is 10.1. The number of hydrogen-bond donors (Lipinski definition) is 2. The number of aromatic amines is 1. The largest absolute Gasteiger partial charge is 0.342 e. The molecule has 4 aromatic rings. The minimum Gasteiger partial charge on any atom is -0.342 e. The van der Waals surface area contributed by atoms with E-state index in [-0.39, 0.29) is 11.7 Å². The zero-order valence-electron chi connectivity index (χ0n) is 16.6. The molecule has 1 unspecified atom stereocenters. The molecular formula is C24H24ClFN4. The van der Waals surface area contributed by atoms with Crippen LogP contribution in [-0.2, 0) is 0 Å². The van der Waals surface area contributed by atoms with Gasteiger partial charge < -0.3 is 10.7 Å². The van der Waals surface area contributed by atoms with E-state index in [9.17, 15) is 4.39 Å². The van der Waals surface area contributed by atoms with Crippen LogP contribution in [-0.4, -0.2) is 21.5 Å². The van der Waals surface area contributed by atoms with Gasteiger partial charge in [0.05, 0.1) is 16.6 Å². The zero-order valence-corrected chi connectivity index (χ0v) is 17.4. The Hall–Kier alpha value is -2.50. The molecular weight excluding hydrogens is 399 g/mol. The van der Waals surface area contributed by atoms with Gasteiger partial charge in [-0.1, -0.05) is 11.6 Å². The van der Waals surface area contributed by atoms with E-state index >= 15 is 0 Å². The first-order chi connectivity index (χ1) is 14.6. The van der Waals surface area contributed by atoms with Crippen LogP contribution in [0.2, 0.25) is 5.02 Å². The third kappa shape index (κ3) is 3.57. The minimum absolute atomic E-state index is 0.198. The van der Waals surface area contributed by atoms with E-state index in [1.807, 2.05) is 24.4 Å². The minimum atomic E-state index is -0.210. The Balaban J connectivity index is 1.36. The predicted octanol–water partition coefficient (Wildman–Crippen LogP) is 5.92. The average molecular weight is 423 g/mol. The first kappa shape index (κ1) is 19.5. The fourth-order valence-electron chi connectivity index (χ4n) is 5.03. The molecule has 4 nitrogen and oxygen atoms in total. The molecule has 0 radical (unpaired) electrons. The molecule has 5 rings (SSSR count). The van der Waals surface area contributed by atoms with Crippen molar-refractivity contribution in [1.82, 2.24) is 15.0 Å². The number of nitrogens with zero attached hydrogens (tertiary/aromatic N) is 2. The van der Waals surface area contributed by atoms with Crippen LogP contribution in [0.1, 0.15) is 48.9 Å². The Bertz CT molecular complexity index is 1200. The summed E-state index contributed by atoms with van der Waals surface area (Å²) in [5, 5.41) is 1.62. The monoisotopic (exact) mass is 422 g/mol. The molecule has 1 aliphatic carbocycles. The zero-order chi connectivity index (χ0) is 20.7. The van der Waals surface area contributed by atoms with Crippen molar-refractivity contribution in [2.45, 2.75) is 37.5 Å². The number of aromatic nitrogens is 3. The van der Waals surface area contributed by atoms with Crippen molar-refractivity contribution in [2.24, 2.45) is 11.7 Å². The fraction of sp³-hybridized carbons (Fsp3) is 0.333. The maximum Gasteiger partial charge on any atom is 0.123 e. The predicted molar refractivity (Wildman–Crippen MR) is 119 cm³/mol. The van der Waals surface area contributed by atoms with Crippen LogP contribution in [0.3, 0.4) is 0 Å². The van der Waals surface area contributed by atoms with Gasteiger partial charge in [0, 0.05) is 29.1 Å². The maximum absolute atomic E-state index is 13.8. The van der Waals surface area contributed by atoms with Crippen LogP contribution in [0.4, 0.5) is 4.39 Å². The number of H-pyrrole nitrogens is 1. The summed E-state index contributed by atoms with van der Waals surface area (Å²) in [7, 11) is 0. The normalized spacial score (nSPS) is 20.6. The number of benzene rings is 2. The second-order valence-electron chi connectivity index (χ2n) is 8.30. The standard InChI is InChI=1S/C24H24ClFN4/c25-16-5-7-22-23(11-16)30-24(29-22)20(13-27)15-3-1-14(2-4-15)18-9-10-28-21-8-6-17(26)12-19(18)21/h5-12,14-15,20H,1-4,13,27H2,(H,29,30). The van der Waals surface area contributed by atoms with Gasteiger partial charge in [-0.25, -0.2) is 9.37 Å². The van der Waals surface area contributed by atoms with Gasteiger partial charge in [0.1, 0.15) is 11.6 Å². The second-order valence-corrected chi connectivity index (χ2v) is 8.74. The number of nitrogens with one attached hydrogen (secondary N) is 1. The number of rotatable bonds is 4. The lowest BCUT2D eigenvalue weighted by Gasteiger charge is -2.33. The van der Waals surface area contributed by atoms with Gasteiger partial charge in [-0.3, -0.25) is 4.98 Å². The molecule has 0 amide bonds. The van der Waals surface area contributed by atoms with Crippen molar-refractivity contribution in [3.8, 4) is 0 Å². The van der Waals surface area contributed by atoms with Crippen molar-refractivity contribution in [1.29, 1.82) is 0 Å². The van der Waals surface area contributed by atoms with E-state index in [0.29, 0.717) is 23.4 Å². The van der Waals surface area contributed by atoms with Crippen molar-refractivity contribution >= 4 is 33.5 Å². The van der Waals surface area contributed by atoms with E-state index in [1.54, 1.807) is 12.1 Å². The Morgan fingerprint density at radius 3 is 2.70 bits per heavy atom. The average Bonchev–Trinajstić information content (AvgIpc) is 3.17. The lowest BCUT2D eigenvalue weighted by atomic mass is 9.73. The Morgan fingerprint density at radius 2 is 1.90 bits per heavy atom. The van der Waals surface area contributed by atoms with Crippen LogP contribution in [0.15, 0.2) is 48.7 Å². The third-order valence-electron chi connectivity index (χ3n) is 6.59. The number of pyridine rings is 1. The first-order valence-corrected chi connectivity index (χ1v) is 10.9. The van der Waals surface area contributed by atoms with Gasteiger partial charge in [-0.15, -0.1) is 0 Å². The van der Waals surface area contributed by atoms with Crippen molar-refractivity contribution < 1.29 is 4.39 Å². The van der Waals surface area contributed by atoms with E-state index < -0.39 is 0 Å². The highest BCUT2D eigenvalue weighted by atomic mass is 35.5. The van der Waals surface area contributed by atoms with Crippen LogP contribution in [0.25, 0.3) is 21.9 Å². The Labute approximate surface area is 179 Å². The highest BCUT2D eigenvalue weighted by Gasteiger charge is 2.31. The summed E-state index contributed by atoms with van der Waals surface area (Å²) < 4.78 is 13.8. The molecule has 3 N–H and O–H groups in total. The SMILES string of the molecule is NCC(c1nc2cc(Cl)ccc2[nH]1)C1CCC(c2ccnc3ccc(F)cc23)CC1. The van der Waals surface area contributed by atoms with Gasteiger partial charge in [0.15, 0.2) is 0 Å². The summed E-state index contributed by atoms with van der Waals surface area (Å²) in [6.07, 6.45) is 6.10. The molecule has 30 heavy (non-hydrogen) atoms. The summed E-state index contributed by atoms with van der Waals surface area (Å²) >= 11 is 6.11. The van der Waals surface area contributed by atoms with E-state index in [2.05, 4.69) is 16.0 Å². The maximum atomic E-state index is 13.8. The third-order valence-corrected chi connectivity index (χ3v) is 6.82. The molecule has 0 aliphatic heterocycles. The summed E-state index contributed by atoms with van der Waals surface area (Å²) in [6.45, 7) is 0.562. The van der Waals surface area contributed by atoms with Crippen molar-refractivity contribution in [3.63, 3.8) is 0 Å². The van der Waals surface area contributed by atoms with Gasteiger partial charge in [-0.2, -0.15) is 0 Å². The van der Waals surface area contributed by atoms with Gasteiger partial charge >= 0.3 is 0 Å². The number of hydrogen-bond acceptors (Lipinski definition) is 3. The molecule has 6 heteroatoms. The first-order valence-electron chi connectivity index (χ1n) is 10.5. The quantitative estimate of drug-likeness (QED) is 0.429. The smallest absolute Gasteiger partial charge is 0.123 e. The van der Waals surface area contributed by atoms with Gasteiger partial charge in [0.25, 0.3) is 0 Å². The second kappa shape index (κ2) is 7.97. The summed E-state index contributed by atoms with van der Waals surface area (Å²) in [5.74, 6) is 1.84. The van der Waals surface area contributed by atoms with Crippen molar-refractivity contribution in [2.75, 3.05) is 6.54 Å². The van der Waals surface area contributed by atoms with E-state index in [0.717, 1.165) is 53.4 Å². The van der Waals surface area contributed by atoms with Crippen molar-refractivity contribution in [3.05, 3.63) is 70.9 Å². The highest BCUT2D eigenvalue weighted by Crippen LogP contribution is 2.42. The molecule has 1 fully saturated rings. The number of nitrogens with two attached hydrogens (primary N) is 1. The lowest BCUT2D eigenvalue weighted by Crippen LogP contribution is -2.26. The molecule has 2 aromatic carbocycles. The van der Waals surface area contributed by atoms with E-state index in [1.165, 1.54) is 11.6 Å². The number of imidazole rings is 1. The fourth-order valence-corrected chi connectivity index (χ4v) is 5.20. The highest BCUT2D eigenvalue weighted by molar-refractivity contribution is 6.31. The molecule has 154 valence electrons. The molecule has 1 saturated carbocycles. The van der Waals surface area contributed by atoms with Crippen LogP contribution < -0.4 is 5.73 Å². The molecule has 2 aromatic heterocycles. The Morgan fingerprint density at radius 1 is 1.07 bits per heavy atom. The Kier molecular flexibility index (Phi) is 5.17. The van der Waals surface area contributed by atoms with Crippen LogP contribution in [0, 0.1) is 11.7 Å². The van der Waals surface area contributed by atoms with Gasteiger partial charge in [0.2, 0.25) is 0 Å². The molecule has 1 atom stereocenters. The van der Waals surface area contributed by atoms with E-state index in [4.69, 9.17) is 22.3 Å². The topological polar surface area (TPSA) is 67.6 Å². The molecule has 0 saturated heterocycles. The summed E-state index contributed by atoms with van der Waals surface area (Å²) in [6, 6.07) is 12.6. The van der Waals surface area contributed by atoms with Crippen LogP contribution >= 0.6 is 11.6 Å². The molecule has 0 bridgehead atoms. The molecule has 1 aliphatic rings. The lowest BCUT2D eigenvalue weighted by molar-refractivity contribution is 0.279. The summed E-state index contributed by atoms with van der Waals surface area (Å²) in [4.78, 5) is 12.6. The molecule has 0 spiro atoms. The van der Waals surface area contributed by atoms with Crippen LogP contribution in [0.5, 0.6) is 0 Å².